The van der Waals surface area contributed by atoms with E-state index in [-0.39, 0.29) is 11.8 Å². The first-order chi connectivity index (χ1) is 17.0. The highest BCUT2D eigenvalue weighted by Gasteiger charge is 2.54. The molecule has 2 aliphatic heterocycles. The van der Waals surface area contributed by atoms with Crippen molar-refractivity contribution in [3.8, 4) is 0 Å². The fourth-order valence-electron chi connectivity index (χ4n) is 4.84. The van der Waals surface area contributed by atoms with Crippen LogP contribution in [0.2, 0.25) is 0 Å². The summed E-state index contributed by atoms with van der Waals surface area (Å²) in [6, 6.07) is 25.0. The summed E-state index contributed by atoms with van der Waals surface area (Å²) in [5.41, 5.74) is 6.64. The van der Waals surface area contributed by atoms with Crippen LogP contribution in [0.1, 0.15) is 37.0 Å². The van der Waals surface area contributed by atoms with Gasteiger partial charge < -0.3 is 10.5 Å². The average Bonchev–Trinajstić information content (AvgIpc) is 3.15. The number of fused-ring (bicyclic) bond motifs is 1. The second-order valence-electron chi connectivity index (χ2n) is 9.34. The number of amides is 2. The Labute approximate surface area is 205 Å². The van der Waals surface area contributed by atoms with Crippen molar-refractivity contribution in [2.45, 2.75) is 38.0 Å². The third-order valence-corrected chi connectivity index (χ3v) is 6.77. The number of aliphatic hydroxyl groups excluding tert-OH is 1. The van der Waals surface area contributed by atoms with Crippen molar-refractivity contribution in [3.63, 3.8) is 0 Å². The second-order valence-corrected chi connectivity index (χ2v) is 9.34. The SMILES string of the molecule is CC(C)c1ccc(NN2C(C(O)c3ccccc3)C=CC3C(=O)N(c4ccccc4)C(=O)C32)cc1. The van der Waals surface area contributed by atoms with Crippen molar-refractivity contribution in [2.24, 2.45) is 5.92 Å². The lowest BCUT2D eigenvalue weighted by molar-refractivity contribution is -0.123. The van der Waals surface area contributed by atoms with Gasteiger partial charge in [0.05, 0.1) is 23.8 Å². The molecule has 0 bridgehead atoms. The number of hydrogen-bond donors (Lipinski definition) is 2. The number of nitrogens with one attached hydrogen (secondary N) is 1. The molecule has 3 aromatic rings. The molecule has 4 unspecified atom stereocenters. The number of hydrogen-bond acceptors (Lipinski definition) is 5. The third kappa shape index (κ3) is 4.27. The van der Waals surface area contributed by atoms with Gasteiger partial charge in [-0.1, -0.05) is 86.7 Å². The minimum Gasteiger partial charge on any atom is -0.386 e. The predicted octanol–water partition coefficient (Wildman–Crippen LogP) is 4.67. The van der Waals surface area contributed by atoms with E-state index in [1.54, 1.807) is 23.2 Å². The van der Waals surface area contributed by atoms with Gasteiger partial charge in [-0.05, 0) is 41.3 Å². The minimum absolute atomic E-state index is 0.267. The zero-order chi connectivity index (χ0) is 24.5. The summed E-state index contributed by atoms with van der Waals surface area (Å²) in [5, 5.41) is 13.1. The van der Waals surface area contributed by atoms with E-state index in [0.717, 1.165) is 11.3 Å². The Morgan fingerprint density at radius 3 is 2.03 bits per heavy atom. The first-order valence-corrected chi connectivity index (χ1v) is 11.9. The molecule has 178 valence electrons. The molecule has 6 nitrogen and oxygen atoms in total. The molecule has 2 N–H and O–H groups in total. The van der Waals surface area contributed by atoms with Crippen LogP contribution in [0.4, 0.5) is 11.4 Å². The van der Waals surface area contributed by atoms with Gasteiger partial charge >= 0.3 is 0 Å². The molecule has 35 heavy (non-hydrogen) atoms. The average molecular weight is 468 g/mol. The van der Waals surface area contributed by atoms with Crippen LogP contribution in [0.5, 0.6) is 0 Å². The van der Waals surface area contributed by atoms with Gasteiger partial charge in [0.15, 0.2) is 0 Å². The molecule has 0 aromatic heterocycles. The normalized spacial score (nSPS) is 23.0. The van der Waals surface area contributed by atoms with Crippen molar-refractivity contribution in [3.05, 3.63) is 108 Å². The van der Waals surface area contributed by atoms with Crippen LogP contribution >= 0.6 is 0 Å². The van der Waals surface area contributed by atoms with Crippen molar-refractivity contribution < 1.29 is 14.7 Å². The number of imide groups is 1. The summed E-state index contributed by atoms with van der Waals surface area (Å²) in [6.07, 6.45) is 2.70. The number of para-hydroxylation sites is 1. The number of carbonyl (C=O) groups is 2. The number of nitrogens with zero attached hydrogens (tertiary/aromatic N) is 2. The molecular formula is C29H29N3O3. The lowest BCUT2D eigenvalue weighted by Gasteiger charge is -2.40. The van der Waals surface area contributed by atoms with Gasteiger partial charge in [0.2, 0.25) is 5.91 Å². The Hall–Kier alpha value is -3.74. The minimum atomic E-state index is -0.899. The molecule has 2 amide bonds. The molecule has 0 radical (unpaired) electrons. The van der Waals surface area contributed by atoms with E-state index in [1.165, 1.54) is 10.5 Å². The molecular weight excluding hydrogens is 438 g/mol. The summed E-state index contributed by atoms with van der Waals surface area (Å²) >= 11 is 0. The Balaban J connectivity index is 1.53. The zero-order valence-corrected chi connectivity index (χ0v) is 19.8. The van der Waals surface area contributed by atoms with Crippen LogP contribution in [-0.4, -0.2) is 34.0 Å². The van der Waals surface area contributed by atoms with Crippen molar-refractivity contribution in [2.75, 3.05) is 10.3 Å². The fraction of sp³-hybridized carbons (Fsp3) is 0.241. The standard InChI is InChI=1S/C29H29N3O3/c1-19(2)20-13-15-22(16-14-20)30-32-25(27(33)21-9-5-3-6-10-21)18-17-24-26(32)29(35)31(28(24)34)23-11-7-4-8-12-23/h3-19,24-27,30,33H,1-2H3. The number of carbonyl (C=O) groups excluding carboxylic acids is 2. The van der Waals surface area contributed by atoms with E-state index in [2.05, 4.69) is 19.3 Å². The van der Waals surface area contributed by atoms with Crippen LogP contribution in [-0.2, 0) is 9.59 Å². The van der Waals surface area contributed by atoms with Crippen LogP contribution in [0.25, 0.3) is 0 Å². The number of anilines is 2. The van der Waals surface area contributed by atoms with Gasteiger partial charge in [0, 0.05) is 5.69 Å². The van der Waals surface area contributed by atoms with Crippen LogP contribution in [0.3, 0.4) is 0 Å². The quantitative estimate of drug-likeness (QED) is 0.407. The van der Waals surface area contributed by atoms with Crippen LogP contribution < -0.4 is 10.3 Å². The molecule has 3 aromatic carbocycles. The molecule has 2 heterocycles. The van der Waals surface area contributed by atoms with Gasteiger partial charge in [-0.15, -0.1) is 0 Å². The van der Waals surface area contributed by atoms with E-state index < -0.39 is 24.1 Å². The van der Waals surface area contributed by atoms with Gasteiger partial charge in [-0.3, -0.25) is 9.59 Å². The van der Waals surface area contributed by atoms with E-state index in [0.29, 0.717) is 11.6 Å². The van der Waals surface area contributed by atoms with Crippen LogP contribution in [0, 0.1) is 5.92 Å². The Kier molecular flexibility index (Phi) is 6.24. The first kappa shape index (κ1) is 23.0. The largest absolute Gasteiger partial charge is 0.386 e. The first-order valence-electron chi connectivity index (χ1n) is 11.9. The van der Waals surface area contributed by atoms with Crippen molar-refractivity contribution in [1.29, 1.82) is 0 Å². The van der Waals surface area contributed by atoms with Gasteiger partial charge in [0.25, 0.3) is 5.91 Å². The number of benzene rings is 3. The summed E-state index contributed by atoms with van der Waals surface area (Å²) in [4.78, 5) is 28.3. The van der Waals surface area contributed by atoms with Gasteiger partial charge in [0.1, 0.15) is 6.04 Å². The molecule has 0 saturated carbocycles. The highest BCUT2D eigenvalue weighted by molar-refractivity contribution is 6.24. The van der Waals surface area contributed by atoms with E-state index >= 15 is 0 Å². The maximum atomic E-state index is 13.7. The van der Waals surface area contributed by atoms with Gasteiger partial charge in [-0.25, -0.2) is 9.91 Å². The monoisotopic (exact) mass is 467 g/mol. The summed E-state index contributed by atoms with van der Waals surface area (Å²) < 4.78 is 0. The smallest absolute Gasteiger partial charge is 0.254 e. The number of aliphatic hydroxyl groups is 1. The van der Waals surface area contributed by atoms with E-state index in [4.69, 9.17) is 0 Å². The summed E-state index contributed by atoms with van der Waals surface area (Å²) in [6.45, 7) is 4.27. The third-order valence-electron chi connectivity index (χ3n) is 6.77. The van der Waals surface area contributed by atoms with Crippen molar-refractivity contribution in [1.82, 2.24) is 5.01 Å². The lowest BCUT2D eigenvalue weighted by Crippen LogP contribution is -2.55. The topological polar surface area (TPSA) is 72.9 Å². The maximum absolute atomic E-state index is 13.7. The zero-order valence-electron chi connectivity index (χ0n) is 19.8. The molecule has 0 spiro atoms. The van der Waals surface area contributed by atoms with E-state index in [1.807, 2.05) is 78.9 Å². The molecule has 1 saturated heterocycles. The molecule has 0 aliphatic carbocycles. The summed E-state index contributed by atoms with van der Waals surface area (Å²) in [7, 11) is 0. The molecule has 1 fully saturated rings. The lowest BCUT2D eigenvalue weighted by atomic mass is 9.90. The second kappa shape index (κ2) is 9.49. The molecule has 4 atom stereocenters. The highest BCUT2D eigenvalue weighted by atomic mass is 16.3. The number of hydrazine groups is 1. The predicted molar refractivity (Wildman–Crippen MR) is 137 cm³/mol. The summed E-state index contributed by atoms with van der Waals surface area (Å²) in [5.74, 6) is -0.832. The number of rotatable bonds is 6. The van der Waals surface area contributed by atoms with Gasteiger partial charge in [-0.2, -0.15) is 0 Å². The molecule has 2 aliphatic rings. The van der Waals surface area contributed by atoms with E-state index in [9.17, 15) is 14.7 Å². The molecule has 5 rings (SSSR count). The maximum Gasteiger partial charge on any atom is 0.254 e. The van der Waals surface area contributed by atoms with Crippen molar-refractivity contribution >= 4 is 23.2 Å². The molecule has 6 heteroatoms. The Morgan fingerprint density at radius 2 is 1.40 bits per heavy atom. The Morgan fingerprint density at radius 1 is 0.771 bits per heavy atom. The highest BCUT2D eigenvalue weighted by Crippen LogP contribution is 2.38. The van der Waals surface area contributed by atoms with Crippen LogP contribution in [0.15, 0.2) is 97.1 Å². The Bertz CT molecular complexity index is 1230. The fourth-order valence-corrected chi connectivity index (χ4v) is 4.84.